The van der Waals surface area contributed by atoms with E-state index >= 15 is 0 Å². The van der Waals surface area contributed by atoms with Crippen molar-refractivity contribution in [2.45, 2.75) is 37.8 Å². The lowest BCUT2D eigenvalue weighted by Gasteiger charge is -2.47. The van der Waals surface area contributed by atoms with Crippen LogP contribution in [0, 0.1) is 0 Å². The molecule has 6 nitrogen and oxygen atoms in total. The minimum atomic E-state index is 0.0655. The second-order valence-corrected chi connectivity index (χ2v) is 9.55. The van der Waals surface area contributed by atoms with Crippen LogP contribution in [0.5, 0.6) is 0 Å². The van der Waals surface area contributed by atoms with Crippen LogP contribution in [-0.2, 0) is 13.0 Å². The van der Waals surface area contributed by atoms with Crippen LogP contribution in [-0.4, -0.2) is 58.4 Å². The van der Waals surface area contributed by atoms with Crippen LogP contribution in [0.25, 0.3) is 10.9 Å². The number of aromatic amines is 1. The number of hydrogen-bond donors (Lipinski definition) is 2. The first kappa shape index (κ1) is 18.6. The van der Waals surface area contributed by atoms with Gasteiger partial charge in [0.1, 0.15) is 5.69 Å². The fourth-order valence-corrected chi connectivity index (χ4v) is 5.43. The molecule has 3 aromatic rings. The molecule has 2 N–H and O–H groups in total. The molecule has 1 amide bonds. The summed E-state index contributed by atoms with van der Waals surface area (Å²) < 4.78 is 0. The van der Waals surface area contributed by atoms with E-state index in [4.69, 9.17) is 4.98 Å². The molecule has 2 aliphatic rings. The monoisotopic (exact) mass is 409 g/mol. The molecule has 3 heterocycles. The topological polar surface area (TPSA) is 64.3 Å². The Kier molecular flexibility index (Phi) is 4.59. The highest BCUT2D eigenvalue weighted by atomic mass is 32.1. The molecule has 1 aromatic carbocycles. The molecule has 7 heteroatoms. The van der Waals surface area contributed by atoms with Gasteiger partial charge in [0.25, 0.3) is 5.91 Å². The fraction of sp³-hybridized carbons (Fsp3) is 0.455. The lowest BCUT2D eigenvalue weighted by Crippen LogP contribution is -2.54. The standard InChI is InChI=1S/C22H27N5OS/c1-26(2)22(9-5-10-22)14-23-21-25-17-8-11-27(13-19(17)29-21)20(28)18-12-15-6-3-4-7-16(15)24-18/h3-4,6-7,12,24H,5,8-11,13-14H2,1-2H3,(H,23,25). The van der Waals surface area contributed by atoms with Crippen LogP contribution in [0.15, 0.2) is 30.3 Å². The first-order chi connectivity index (χ1) is 14.0. The van der Waals surface area contributed by atoms with Crippen LogP contribution in [0.4, 0.5) is 5.13 Å². The predicted octanol–water partition coefficient (Wildman–Crippen LogP) is 3.72. The minimum Gasteiger partial charge on any atom is -0.360 e. The molecule has 5 rings (SSSR count). The van der Waals surface area contributed by atoms with E-state index in [1.54, 1.807) is 11.3 Å². The number of carbonyl (C=O) groups is 1. The largest absolute Gasteiger partial charge is 0.360 e. The Bertz CT molecular complexity index is 1020. The Balaban J connectivity index is 1.28. The number of nitrogens with zero attached hydrogens (tertiary/aromatic N) is 3. The van der Waals surface area contributed by atoms with E-state index in [0.717, 1.165) is 34.7 Å². The van der Waals surface area contributed by atoms with Gasteiger partial charge in [-0.15, -0.1) is 0 Å². The van der Waals surface area contributed by atoms with Crippen molar-refractivity contribution in [3.8, 4) is 0 Å². The Morgan fingerprint density at radius 3 is 2.90 bits per heavy atom. The number of benzene rings is 1. The van der Waals surface area contributed by atoms with E-state index in [-0.39, 0.29) is 11.4 Å². The van der Waals surface area contributed by atoms with E-state index in [1.165, 1.54) is 24.1 Å². The highest BCUT2D eigenvalue weighted by molar-refractivity contribution is 7.15. The number of aromatic nitrogens is 2. The van der Waals surface area contributed by atoms with Gasteiger partial charge in [-0.3, -0.25) is 4.79 Å². The number of nitrogens with one attached hydrogen (secondary N) is 2. The zero-order chi connectivity index (χ0) is 20.0. The van der Waals surface area contributed by atoms with Crippen molar-refractivity contribution in [3.05, 3.63) is 46.6 Å². The van der Waals surface area contributed by atoms with Crippen LogP contribution in [0.1, 0.15) is 40.3 Å². The number of hydrogen-bond acceptors (Lipinski definition) is 5. The number of fused-ring (bicyclic) bond motifs is 2. The quantitative estimate of drug-likeness (QED) is 0.674. The van der Waals surface area contributed by atoms with Gasteiger partial charge in [0, 0.05) is 40.8 Å². The van der Waals surface area contributed by atoms with E-state index in [1.807, 2.05) is 35.2 Å². The number of anilines is 1. The average molecular weight is 410 g/mol. The molecule has 1 fully saturated rings. The zero-order valence-electron chi connectivity index (χ0n) is 17.0. The summed E-state index contributed by atoms with van der Waals surface area (Å²) >= 11 is 1.70. The maximum atomic E-state index is 13.0. The van der Waals surface area contributed by atoms with Gasteiger partial charge in [-0.05, 0) is 45.5 Å². The van der Waals surface area contributed by atoms with E-state index in [9.17, 15) is 4.79 Å². The van der Waals surface area contributed by atoms with Gasteiger partial charge in [-0.1, -0.05) is 29.5 Å². The number of thiazole rings is 1. The predicted molar refractivity (Wildman–Crippen MR) is 118 cm³/mol. The summed E-state index contributed by atoms with van der Waals surface area (Å²) in [7, 11) is 4.34. The molecule has 29 heavy (non-hydrogen) atoms. The smallest absolute Gasteiger partial charge is 0.270 e. The molecule has 0 radical (unpaired) electrons. The Morgan fingerprint density at radius 1 is 1.34 bits per heavy atom. The van der Waals surface area contributed by atoms with Crippen molar-refractivity contribution >= 4 is 33.3 Å². The van der Waals surface area contributed by atoms with Crippen LogP contribution in [0.2, 0.25) is 0 Å². The SMILES string of the molecule is CN(C)C1(CNc2nc3c(s2)CN(C(=O)c2cc4ccccc4[nH]2)CC3)CCC1. The second kappa shape index (κ2) is 7.15. The van der Waals surface area contributed by atoms with E-state index in [0.29, 0.717) is 18.8 Å². The van der Waals surface area contributed by atoms with E-state index in [2.05, 4.69) is 29.3 Å². The number of H-pyrrole nitrogens is 1. The van der Waals surface area contributed by atoms with Crippen LogP contribution in [0.3, 0.4) is 0 Å². The van der Waals surface area contributed by atoms with Gasteiger partial charge >= 0.3 is 0 Å². The number of para-hydroxylation sites is 1. The molecule has 0 bridgehead atoms. The third-order valence-corrected chi connectivity index (χ3v) is 7.62. The summed E-state index contributed by atoms with van der Waals surface area (Å²) in [4.78, 5) is 26.6. The second-order valence-electron chi connectivity index (χ2n) is 8.46. The molecule has 0 saturated heterocycles. The van der Waals surface area contributed by atoms with Crippen molar-refractivity contribution < 1.29 is 4.79 Å². The van der Waals surface area contributed by atoms with Crippen molar-refractivity contribution in [3.63, 3.8) is 0 Å². The molecule has 0 atom stereocenters. The summed E-state index contributed by atoms with van der Waals surface area (Å²) in [6.07, 6.45) is 4.60. The normalized spacial score (nSPS) is 18.0. The maximum Gasteiger partial charge on any atom is 0.270 e. The molecule has 1 aliphatic carbocycles. The summed E-state index contributed by atoms with van der Waals surface area (Å²) in [5.74, 6) is 0.0655. The van der Waals surface area contributed by atoms with Crippen LogP contribution < -0.4 is 5.32 Å². The van der Waals surface area contributed by atoms with Gasteiger partial charge in [0.2, 0.25) is 0 Å². The number of carbonyl (C=O) groups excluding carboxylic acids is 1. The number of rotatable bonds is 5. The zero-order valence-corrected chi connectivity index (χ0v) is 17.8. The van der Waals surface area contributed by atoms with Crippen molar-refractivity contribution in [1.82, 2.24) is 19.8 Å². The molecular weight excluding hydrogens is 382 g/mol. The number of likely N-dealkylation sites (N-methyl/N-ethyl adjacent to an activating group) is 1. The summed E-state index contributed by atoms with van der Waals surface area (Å²) in [5, 5.41) is 5.64. The molecule has 1 aliphatic heterocycles. The lowest BCUT2D eigenvalue weighted by atomic mass is 9.75. The van der Waals surface area contributed by atoms with Crippen molar-refractivity contribution in [2.75, 3.05) is 32.5 Å². The first-order valence-corrected chi connectivity index (χ1v) is 11.1. The highest BCUT2D eigenvalue weighted by Gasteiger charge is 2.39. The molecule has 1 saturated carbocycles. The Hall–Kier alpha value is -2.38. The Morgan fingerprint density at radius 2 is 2.17 bits per heavy atom. The van der Waals surface area contributed by atoms with E-state index < -0.39 is 0 Å². The molecular formula is C22H27N5OS. The summed E-state index contributed by atoms with van der Waals surface area (Å²) in [5.41, 5.74) is 3.08. The van der Waals surface area contributed by atoms with Gasteiger partial charge in [-0.25, -0.2) is 4.98 Å². The third-order valence-electron chi connectivity index (χ3n) is 6.58. The van der Waals surface area contributed by atoms with Gasteiger partial charge in [0.05, 0.1) is 12.2 Å². The molecule has 0 unspecified atom stereocenters. The third kappa shape index (κ3) is 3.32. The highest BCUT2D eigenvalue weighted by Crippen LogP contribution is 2.37. The summed E-state index contributed by atoms with van der Waals surface area (Å²) in [6.45, 7) is 2.29. The van der Waals surface area contributed by atoms with Crippen molar-refractivity contribution in [1.29, 1.82) is 0 Å². The van der Waals surface area contributed by atoms with Crippen LogP contribution >= 0.6 is 11.3 Å². The molecule has 152 valence electrons. The lowest BCUT2D eigenvalue weighted by molar-refractivity contribution is 0.0730. The van der Waals surface area contributed by atoms with Gasteiger partial charge in [-0.2, -0.15) is 0 Å². The average Bonchev–Trinajstić information content (AvgIpc) is 3.29. The fourth-order valence-electron chi connectivity index (χ4n) is 4.41. The van der Waals surface area contributed by atoms with Gasteiger partial charge < -0.3 is 20.1 Å². The maximum absolute atomic E-state index is 13.0. The first-order valence-electron chi connectivity index (χ1n) is 10.3. The molecule has 0 spiro atoms. The molecule has 2 aromatic heterocycles. The van der Waals surface area contributed by atoms with Crippen molar-refractivity contribution in [2.24, 2.45) is 0 Å². The summed E-state index contributed by atoms with van der Waals surface area (Å²) in [6, 6.07) is 9.96. The Labute approximate surface area is 174 Å². The number of amides is 1. The van der Waals surface area contributed by atoms with Gasteiger partial charge in [0.15, 0.2) is 5.13 Å². The minimum absolute atomic E-state index is 0.0655.